The number of ether oxygens (including phenoxy) is 2. The van der Waals surface area contributed by atoms with Crippen LogP contribution in [0.4, 0.5) is 0 Å². The fraction of sp³-hybridized carbons (Fsp3) is 0.333. The molecule has 2 rings (SSSR count). The molecular formula is C21H25NO5. The van der Waals surface area contributed by atoms with Gasteiger partial charge < -0.3 is 14.6 Å². The van der Waals surface area contributed by atoms with Gasteiger partial charge >= 0.3 is 11.9 Å². The third kappa shape index (κ3) is 6.42. The fourth-order valence-electron chi connectivity index (χ4n) is 2.61. The fourth-order valence-corrected chi connectivity index (χ4v) is 2.61. The van der Waals surface area contributed by atoms with Crippen LogP contribution in [0.2, 0.25) is 0 Å². The summed E-state index contributed by atoms with van der Waals surface area (Å²) in [5.41, 5.74) is 2.58. The maximum atomic E-state index is 11.4. The van der Waals surface area contributed by atoms with Crippen molar-refractivity contribution in [2.45, 2.75) is 26.0 Å². The van der Waals surface area contributed by atoms with Crippen LogP contribution in [0.3, 0.4) is 0 Å². The summed E-state index contributed by atoms with van der Waals surface area (Å²) >= 11 is 0. The Morgan fingerprint density at radius 1 is 1.04 bits per heavy atom. The minimum Gasteiger partial charge on any atom is -0.489 e. The van der Waals surface area contributed by atoms with Gasteiger partial charge in [0.2, 0.25) is 0 Å². The van der Waals surface area contributed by atoms with Crippen molar-refractivity contribution in [1.82, 2.24) is 4.90 Å². The maximum Gasteiger partial charge on any atom is 0.337 e. The van der Waals surface area contributed by atoms with Crippen LogP contribution in [0, 0.1) is 0 Å². The summed E-state index contributed by atoms with van der Waals surface area (Å²) in [5.74, 6) is -0.434. The zero-order valence-electron chi connectivity index (χ0n) is 15.8. The van der Waals surface area contributed by atoms with Crippen molar-refractivity contribution in [2.24, 2.45) is 0 Å². The van der Waals surface area contributed by atoms with Crippen LogP contribution in [0.5, 0.6) is 5.75 Å². The van der Waals surface area contributed by atoms with Gasteiger partial charge in [0, 0.05) is 6.04 Å². The summed E-state index contributed by atoms with van der Waals surface area (Å²) in [4.78, 5) is 24.0. The number of nitrogens with zero attached hydrogens (tertiary/aromatic N) is 1. The summed E-state index contributed by atoms with van der Waals surface area (Å²) in [7, 11) is 3.16. The molecule has 1 atom stereocenters. The highest BCUT2D eigenvalue weighted by atomic mass is 16.5. The molecular weight excluding hydrogens is 346 g/mol. The van der Waals surface area contributed by atoms with Gasteiger partial charge in [-0.1, -0.05) is 24.3 Å². The predicted octanol–water partition coefficient (Wildman–Crippen LogP) is 3.00. The van der Waals surface area contributed by atoms with Crippen LogP contribution in [0.25, 0.3) is 0 Å². The molecule has 0 fully saturated rings. The van der Waals surface area contributed by atoms with Crippen LogP contribution >= 0.6 is 0 Å². The number of methoxy groups -OCH3 is 1. The van der Waals surface area contributed by atoms with Gasteiger partial charge in [-0.25, -0.2) is 4.79 Å². The van der Waals surface area contributed by atoms with Crippen molar-refractivity contribution < 1.29 is 24.2 Å². The van der Waals surface area contributed by atoms with Crippen LogP contribution in [-0.4, -0.2) is 48.7 Å². The Kier molecular flexibility index (Phi) is 7.37. The first kappa shape index (κ1) is 20.5. The van der Waals surface area contributed by atoms with Gasteiger partial charge in [0.15, 0.2) is 0 Å². The Hall–Kier alpha value is -2.86. The predicted molar refractivity (Wildman–Crippen MR) is 102 cm³/mol. The number of carboxylic acid groups (broad SMARTS) is 1. The second kappa shape index (κ2) is 9.73. The van der Waals surface area contributed by atoms with Crippen molar-refractivity contribution in [3.8, 4) is 5.75 Å². The minimum atomic E-state index is -0.826. The second-order valence-electron chi connectivity index (χ2n) is 6.48. The summed E-state index contributed by atoms with van der Waals surface area (Å²) in [5, 5.41) is 8.86. The summed E-state index contributed by atoms with van der Waals surface area (Å²) < 4.78 is 10.4. The second-order valence-corrected chi connectivity index (χ2v) is 6.48. The molecule has 27 heavy (non-hydrogen) atoms. The lowest BCUT2D eigenvalue weighted by Crippen LogP contribution is -2.35. The molecule has 0 aliphatic carbocycles. The normalized spacial score (nSPS) is 11.9. The Labute approximate surface area is 159 Å². The molecule has 0 radical (unpaired) electrons. The highest BCUT2D eigenvalue weighted by molar-refractivity contribution is 5.89. The summed E-state index contributed by atoms with van der Waals surface area (Å²) in [6.45, 7) is 2.43. The SMILES string of the molecule is COC(=O)c1ccc(COc2ccc(CC(C)N(C)CC(=O)O)cc2)cc1. The van der Waals surface area contributed by atoms with E-state index >= 15 is 0 Å². The number of carbonyl (C=O) groups is 2. The maximum absolute atomic E-state index is 11.4. The molecule has 0 saturated carbocycles. The number of likely N-dealkylation sites (N-methyl/N-ethyl adjacent to an activating group) is 1. The van der Waals surface area contributed by atoms with E-state index in [1.165, 1.54) is 7.11 Å². The molecule has 0 aromatic heterocycles. The molecule has 0 heterocycles. The Morgan fingerprint density at radius 3 is 2.19 bits per heavy atom. The number of hydrogen-bond donors (Lipinski definition) is 1. The van der Waals surface area contributed by atoms with Crippen molar-refractivity contribution in [3.63, 3.8) is 0 Å². The molecule has 0 saturated heterocycles. The Balaban J connectivity index is 1.86. The molecule has 1 N–H and O–H groups in total. The van der Waals surface area contributed by atoms with Gasteiger partial charge in [0.1, 0.15) is 12.4 Å². The number of esters is 1. The quantitative estimate of drug-likeness (QED) is 0.683. The molecule has 0 amide bonds. The lowest BCUT2D eigenvalue weighted by molar-refractivity contribution is -0.138. The first-order chi connectivity index (χ1) is 12.9. The molecule has 6 nitrogen and oxygen atoms in total. The lowest BCUT2D eigenvalue weighted by atomic mass is 10.1. The molecule has 0 aliphatic heterocycles. The van der Waals surface area contributed by atoms with E-state index in [4.69, 9.17) is 9.84 Å². The first-order valence-corrected chi connectivity index (χ1v) is 8.70. The van der Waals surface area contributed by atoms with Gasteiger partial charge in [0.25, 0.3) is 0 Å². The molecule has 2 aromatic rings. The van der Waals surface area contributed by atoms with Crippen molar-refractivity contribution in [1.29, 1.82) is 0 Å². The largest absolute Gasteiger partial charge is 0.489 e. The smallest absolute Gasteiger partial charge is 0.337 e. The van der Waals surface area contributed by atoms with Gasteiger partial charge in [-0.15, -0.1) is 0 Å². The van der Waals surface area contributed by atoms with Gasteiger partial charge in [-0.05, 0) is 55.8 Å². The van der Waals surface area contributed by atoms with E-state index in [2.05, 4.69) is 4.74 Å². The summed E-state index contributed by atoms with van der Waals surface area (Å²) in [6, 6.07) is 15.0. The topological polar surface area (TPSA) is 76.1 Å². The average Bonchev–Trinajstić information content (AvgIpc) is 2.66. The molecule has 0 spiro atoms. The number of benzene rings is 2. The average molecular weight is 371 g/mol. The van der Waals surface area contributed by atoms with E-state index in [1.54, 1.807) is 12.1 Å². The standard InChI is InChI=1S/C21H25NO5/c1-15(22(2)13-20(23)24)12-16-6-10-19(11-7-16)27-14-17-4-8-18(9-5-17)21(25)26-3/h4-11,15H,12-14H2,1-3H3,(H,23,24). The Morgan fingerprint density at radius 2 is 1.63 bits per heavy atom. The van der Waals surface area contributed by atoms with E-state index in [-0.39, 0.29) is 18.6 Å². The third-order valence-corrected chi connectivity index (χ3v) is 4.37. The number of hydrogen-bond acceptors (Lipinski definition) is 5. The van der Waals surface area contributed by atoms with E-state index in [1.807, 2.05) is 55.3 Å². The highest BCUT2D eigenvalue weighted by Crippen LogP contribution is 2.16. The van der Waals surface area contributed by atoms with Crippen molar-refractivity contribution >= 4 is 11.9 Å². The number of carboxylic acids is 1. The van der Waals surface area contributed by atoms with Crippen LogP contribution in [-0.2, 0) is 22.6 Å². The zero-order chi connectivity index (χ0) is 19.8. The number of rotatable bonds is 9. The van der Waals surface area contributed by atoms with E-state index in [9.17, 15) is 9.59 Å². The van der Waals surface area contributed by atoms with Crippen LogP contribution < -0.4 is 4.74 Å². The van der Waals surface area contributed by atoms with E-state index in [0.29, 0.717) is 12.2 Å². The molecule has 0 aliphatic rings. The van der Waals surface area contributed by atoms with Crippen LogP contribution in [0.15, 0.2) is 48.5 Å². The summed E-state index contributed by atoms with van der Waals surface area (Å²) in [6.07, 6.45) is 0.763. The van der Waals surface area contributed by atoms with Crippen LogP contribution in [0.1, 0.15) is 28.4 Å². The van der Waals surface area contributed by atoms with Crippen molar-refractivity contribution in [3.05, 3.63) is 65.2 Å². The van der Waals surface area contributed by atoms with Gasteiger partial charge in [-0.3, -0.25) is 9.69 Å². The highest BCUT2D eigenvalue weighted by Gasteiger charge is 2.13. The lowest BCUT2D eigenvalue weighted by Gasteiger charge is -2.22. The van der Waals surface area contributed by atoms with E-state index < -0.39 is 5.97 Å². The number of carbonyl (C=O) groups excluding carboxylic acids is 1. The Bertz CT molecular complexity index is 755. The molecule has 0 bridgehead atoms. The molecule has 2 aromatic carbocycles. The zero-order valence-corrected chi connectivity index (χ0v) is 15.8. The van der Waals surface area contributed by atoms with E-state index in [0.717, 1.165) is 23.3 Å². The molecule has 144 valence electrons. The molecule has 6 heteroatoms. The number of aliphatic carboxylic acids is 1. The first-order valence-electron chi connectivity index (χ1n) is 8.70. The molecule has 1 unspecified atom stereocenters. The van der Waals surface area contributed by atoms with Crippen molar-refractivity contribution in [2.75, 3.05) is 20.7 Å². The monoisotopic (exact) mass is 371 g/mol. The third-order valence-electron chi connectivity index (χ3n) is 4.37. The van der Waals surface area contributed by atoms with Gasteiger partial charge in [0.05, 0.1) is 19.2 Å². The minimum absolute atomic E-state index is 0.0249. The van der Waals surface area contributed by atoms with Gasteiger partial charge in [-0.2, -0.15) is 0 Å².